The van der Waals surface area contributed by atoms with Gasteiger partial charge in [-0.1, -0.05) is 31.1 Å². The summed E-state index contributed by atoms with van der Waals surface area (Å²) >= 11 is 0. The molecule has 0 aliphatic carbocycles. The zero-order chi connectivity index (χ0) is 24.8. The number of rotatable bonds is 8. The summed E-state index contributed by atoms with van der Waals surface area (Å²) in [5.41, 5.74) is 8.87. The number of nitrogens with one attached hydrogen (secondary N) is 3. The summed E-state index contributed by atoms with van der Waals surface area (Å²) in [6.45, 7) is 5.77. The van der Waals surface area contributed by atoms with Crippen molar-refractivity contribution in [3.63, 3.8) is 0 Å². The van der Waals surface area contributed by atoms with Crippen molar-refractivity contribution in [3.8, 4) is 0 Å². The largest absolute Gasteiger partial charge is 0.483 e. The number of nitrogens with zero attached hydrogens (tertiary/aromatic N) is 2. The van der Waals surface area contributed by atoms with E-state index in [1.807, 2.05) is 26.0 Å². The van der Waals surface area contributed by atoms with Gasteiger partial charge in [0, 0.05) is 24.7 Å². The summed E-state index contributed by atoms with van der Waals surface area (Å²) in [4.78, 5) is 50.4. The summed E-state index contributed by atoms with van der Waals surface area (Å²) < 4.78 is 0.614. The summed E-state index contributed by atoms with van der Waals surface area (Å²) in [5, 5.41) is 12.1. The zero-order valence-electron chi connectivity index (χ0n) is 19.1. The average molecular weight is 460 g/mol. The second kappa shape index (κ2) is 14.1. The van der Waals surface area contributed by atoms with Crippen LogP contribution < -0.4 is 15.6 Å². The van der Waals surface area contributed by atoms with Crippen LogP contribution in [0.2, 0.25) is 0 Å². The molecule has 0 fully saturated rings. The van der Waals surface area contributed by atoms with E-state index in [2.05, 4.69) is 20.4 Å². The number of hydrogen-bond donors (Lipinski definition) is 5. The molecule has 0 atom stereocenters. The van der Waals surface area contributed by atoms with Gasteiger partial charge >= 0.3 is 5.52 Å². The highest BCUT2D eigenvalue weighted by atomic mass is 16.3. The minimum Gasteiger partial charge on any atom is -0.483 e. The number of carbonyl (C=O) groups excluding carboxylic acids is 2. The average Bonchev–Trinajstić information content (AvgIpc) is 3.20. The number of fused-ring (bicyclic) bond motifs is 1. The van der Waals surface area contributed by atoms with Crippen LogP contribution in [0, 0.1) is 4.91 Å². The Labute approximate surface area is 191 Å². The van der Waals surface area contributed by atoms with Crippen molar-refractivity contribution in [2.75, 3.05) is 12.3 Å². The van der Waals surface area contributed by atoms with Gasteiger partial charge in [-0.2, -0.15) is 4.98 Å². The Bertz CT molecular complexity index is 1100. The first kappa shape index (κ1) is 27.0. The van der Waals surface area contributed by atoms with E-state index in [9.17, 15) is 14.5 Å². The van der Waals surface area contributed by atoms with E-state index in [1.165, 1.54) is 6.92 Å². The molecule has 1 aromatic carbocycles. The molecule has 0 spiro atoms. The van der Waals surface area contributed by atoms with Gasteiger partial charge in [0.15, 0.2) is 4.54 Å². The van der Waals surface area contributed by atoms with Gasteiger partial charge in [0.1, 0.15) is 5.78 Å². The van der Waals surface area contributed by atoms with E-state index in [0.29, 0.717) is 53.5 Å². The van der Waals surface area contributed by atoms with Crippen molar-refractivity contribution in [3.05, 3.63) is 52.1 Å². The lowest BCUT2D eigenvalue weighted by Gasteiger charge is -2.06. The molecule has 0 aliphatic rings. The van der Waals surface area contributed by atoms with E-state index in [0.717, 1.165) is 11.1 Å². The first-order valence-corrected chi connectivity index (χ1v) is 10.6. The molecule has 3 rings (SSSR count). The van der Waals surface area contributed by atoms with Gasteiger partial charge in [-0.05, 0) is 43.9 Å². The third kappa shape index (κ3) is 8.56. The lowest BCUT2D eigenvalue weighted by Crippen LogP contribution is -2.24. The SMILES string of the molecule is CC.CC(=O)CCCNC(=O)c1ccc(CCc2c[nH]c3nc(N)[nH][n+](=O)c23)cc1.O=CO. The van der Waals surface area contributed by atoms with E-state index >= 15 is 0 Å². The first-order valence-electron chi connectivity index (χ1n) is 10.6. The summed E-state index contributed by atoms with van der Waals surface area (Å²) in [7, 11) is 0. The van der Waals surface area contributed by atoms with Crippen LogP contribution in [0.1, 0.15) is 55.1 Å². The Hall–Kier alpha value is -4.02. The van der Waals surface area contributed by atoms with Crippen LogP contribution in [0.15, 0.2) is 30.5 Å². The second-order valence-corrected chi connectivity index (χ2v) is 6.78. The third-order valence-electron chi connectivity index (χ3n) is 4.45. The smallest absolute Gasteiger partial charge is 0.339 e. The number of H-pyrrole nitrogens is 2. The van der Waals surface area contributed by atoms with Crippen molar-refractivity contribution < 1.29 is 24.0 Å². The van der Waals surface area contributed by atoms with Crippen LogP contribution in [0.5, 0.6) is 0 Å². The van der Waals surface area contributed by atoms with Crippen molar-refractivity contribution in [1.29, 1.82) is 0 Å². The number of anilines is 1. The highest BCUT2D eigenvalue weighted by Gasteiger charge is 2.18. The fourth-order valence-electron chi connectivity index (χ4n) is 3.00. The number of aromatic nitrogens is 4. The van der Waals surface area contributed by atoms with Gasteiger partial charge in [0.25, 0.3) is 18.3 Å². The maximum Gasteiger partial charge on any atom is 0.339 e. The minimum absolute atomic E-state index is 0.0473. The predicted molar refractivity (Wildman–Crippen MR) is 124 cm³/mol. The molecule has 0 unspecified atom stereocenters. The highest BCUT2D eigenvalue weighted by Crippen LogP contribution is 2.15. The van der Waals surface area contributed by atoms with Gasteiger partial charge in [0.2, 0.25) is 5.65 Å². The third-order valence-corrected chi connectivity index (χ3v) is 4.45. The molecule has 0 aliphatic heterocycles. The van der Waals surface area contributed by atoms with Gasteiger partial charge in [-0.15, -0.1) is 0 Å². The molecule has 11 nitrogen and oxygen atoms in total. The Kier molecular flexibility index (Phi) is 11.6. The van der Waals surface area contributed by atoms with Gasteiger partial charge in [0.05, 0.1) is 10.5 Å². The number of nitrogens with two attached hydrogens (primary N) is 1. The van der Waals surface area contributed by atoms with Crippen molar-refractivity contribution in [1.82, 2.24) is 20.4 Å². The Balaban J connectivity index is 0.00000101. The van der Waals surface area contributed by atoms with E-state index in [4.69, 9.17) is 15.6 Å². The van der Waals surface area contributed by atoms with Crippen molar-refractivity contribution in [2.24, 2.45) is 0 Å². The van der Waals surface area contributed by atoms with Gasteiger partial charge < -0.3 is 25.9 Å². The van der Waals surface area contributed by atoms with Gasteiger partial charge in [-0.3, -0.25) is 9.59 Å². The fourth-order valence-corrected chi connectivity index (χ4v) is 3.00. The van der Waals surface area contributed by atoms with Crippen LogP contribution in [-0.2, 0) is 22.4 Å². The molecule has 2 heterocycles. The quantitative estimate of drug-likeness (QED) is 0.194. The molecule has 1 amide bonds. The molecule has 6 N–H and O–H groups in total. The number of Topliss-reactive ketones (excluding diaryl/α,β-unsaturated/α-hetero) is 1. The molecule has 0 saturated carbocycles. The van der Waals surface area contributed by atoms with E-state index in [-0.39, 0.29) is 24.1 Å². The van der Waals surface area contributed by atoms with Crippen molar-refractivity contribution >= 4 is 35.3 Å². The number of aryl methyl sites for hydroxylation is 2. The molecule has 11 heteroatoms. The zero-order valence-corrected chi connectivity index (χ0v) is 19.1. The van der Waals surface area contributed by atoms with E-state index < -0.39 is 0 Å². The van der Waals surface area contributed by atoms with E-state index in [1.54, 1.807) is 18.3 Å². The number of hydrogen-bond acceptors (Lipinski definition) is 6. The Morgan fingerprint density at radius 3 is 2.45 bits per heavy atom. The second-order valence-electron chi connectivity index (χ2n) is 6.78. The van der Waals surface area contributed by atoms with Crippen LogP contribution in [0.25, 0.3) is 11.2 Å². The van der Waals surface area contributed by atoms with Crippen molar-refractivity contribution in [2.45, 2.75) is 46.5 Å². The topological polar surface area (TPSA) is 177 Å². The molecular weight excluding hydrogens is 428 g/mol. The number of aromatic amines is 2. The number of benzene rings is 1. The lowest BCUT2D eigenvalue weighted by atomic mass is 10.0. The van der Waals surface area contributed by atoms with Crippen LogP contribution >= 0.6 is 0 Å². The Morgan fingerprint density at radius 1 is 1.21 bits per heavy atom. The molecule has 33 heavy (non-hydrogen) atoms. The molecule has 0 radical (unpaired) electrons. The molecule has 2 aromatic heterocycles. The summed E-state index contributed by atoms with van der Waals surface area (Å²) in [6, 6.07) is 7.34. The maximum atomic E-state index is 12.1. The maximum absolute atomic E-state index is 12.1. The highest BCUT2D eigenvalue weighted by molar-refractivity contribution is 5.94. The number of nitrogen functional groups attached to an aromatic ring is 1. The molecular formula is C22H31N6O5+. The summed E-state index contributed by atoms with van der Waals surface area (Å²) in [6.07, 6.45) is 4.20. The van der Waals surface area contributed by atoms with Crippen LogP contribution in [0.3, 0.4) is 0 Å². The number of carbonyl (C=O) groups is 3. The molecule has 178 valence electrons. The molecule has 3 aromatic rings. The monoisotopic (exact) mass is 459 g/mol. The number of amides is 1. The standard InChI is InChI=1S/C19H22N6O3.C2H6.CH2O2/c1-12(26)3-2-10-21-18(27)14-7-4-13(5-8-14)6-9-15-11-22-17-16(15)25(28)24-19(20)23-17;1-2;2-1-3/h4-5,7-8,11H,2-3,6,9-10H2,1H3,(H4-,20,21,22,23,24,27,28);1-2H3;1H,(H,2,3)/p+1. The van der Waals surface area contributed by atoms with Gasteiger partial charge in [-0.25, -0.2) is 0 Å². The fraction of sp³-hybridized carbons (Fsp3) is 0.364. The predicted octanol–water partition coefficient (Wildman–Crippen LogP) is 2.00. The summed E-state index contributed by atoms with van der Waals surface area (Å²) in [5.74, 6) is 0.0119. The lowest BCUT2D eigenvalue weighted by molar-refractivity contribution is -0.535. The molecule has 0 bridgehead atoms. The first-order chi connectivity index (χ1) is 15.8. The Morgan fingerprint density at radius 2 is 1.85 bits per heavy atom. The number of carboxylic acid groups (broad SMARTS) is 1. The normalized spacial score (nSPS) is 9.79. The van der Waals surface area contributed by atoms with Crippen LogP contribution in [-0.4, -0.2) is 44.9 Å². The minimum atomic E-state index is -0.250. The molecule has 0 saturated heterocycles. The number of ketones is 1. The van der Waals surface area contributed by atoms with Crippen LogP contribution in [0.4, 0.5) is 5.95 Å².